The van der Waals surface area contributed by atoms with Gasteiger partial charge in [-0.2, -0.15) is 0 Å². The molecule has 0 aromatic heterocycles. The number of hydrogen-bond donors (Lipinski definition) is 0. The van der Waals surface area contributed by atoms with Crippen LogP contribution < -0.4 is 0 Å². The van der Waals surface area contributed by atoms with Crippen molar-refractivity contribution in [3.63, 3.8) is 0 Å². The van der Waals surface area contributed by atoms with E-state index in [0.717, 1.165) is 25.9 Å². The SMILES string of the molecule is CC(C)(C(=O)c1cc(F)ccc1Cl)N1CCCC1. The van der Waals surface area contributed by atoms with Gasteiger partial charge in [-0.3, -0.25) is 9.69 Å². The molecule has 1 aliphatic heterocycles. The molecule has 1 saturated heterocycles. The molecule has 98 valence electrons. The van der Waals surface area contributed by atoms with E-state index in [-0.39, 0.29) is 11.3 Å². The Hall–Kier alpha value is -0.930. The van der Waals surface area contributed by atoms with Crippen LogP contribution in [-0.4, -0.2) is 29.3 Å². The highest BCUT2D eigenvalue weighted by atomic mass is 35.5. The van der Waals surface area contributed by atoms with Gasteiger partial charge in [0.25, 0.3) is 0 Å². The summed E-state index contributed by atoms with van der Waals surface area (Å²) < 4.78 is 13.2. The minimum absolute atomic E-state index is 0.117. The van der Waals surface area contributed by atoms with Gasteiger partial charge in [-0.15, -0.1) is 0 Å². The third-order valence-electron chi connectivity index (χ3n) is 3.63. The van der Waals surface area contributed by atoms with Gasteiger partial charge in [-0.1, -0.05) is 11.6 Å². The van der Waals surface area contributed by atoms with Gasteiger partial charge >= 0.3 is 0 Å². The van der Waals surface area contributed by atoms with Crippen molar-refractivity contribution < 1.29 is 9.18 Å². The molecule has 0 atom stereocenters. The molecule has 0 saturated carbocycles. The average molecular weight is 270 g/mol. The lowest BCUT2D eigenvalue weighted by atomic mass is 9.91. The number of likely N-dealkylation sites (tertiary alicyclic amines) is 1. The fourth-order valence-electron chi connectivity index (χ4n) is 2.42. The molecule has 2 rings (SSSR count). The van der Waals surface area contributed by atoms with E-state index in [1.54, 1.807) is 0 Å². The van der Waals surface area contributed by atoms with Gasteiger partial charge in [0.1, 0.15) is 5.82 Å². The number of carbonyl (C=O) groups is 1. The largest absolute Gasteiger partial charge is 0.292 e. The summed E-state index contributed by atoms with van der Waals surface area (Å²) in [7, 11) is 0. The molecule has 0 amide bonds. The molecule has 1 aromatic carbocycles. The molecule has 1 aromatic rings. The van der Waals surface area contributed by atoms with Crippen molar-refractivity contribution in [2.24, 2.45) is 0 Å². The maximum Gasteiger partial charge on any atom is 0.184 e. The Morgan fingerprint density at radius 1 is 1.33 bits per heavy atom. The summed E-state index contributed by atoms with van der Waals surface area (Å²) in [6, 6.07) is 3.93. The average Bonchev–Trinajstić information content (AvgIpc) is 2.85. The van der Waals surface area contributed by atoms with Crippen LogP contribution in [0.3, 0.4) is 0 Å². The van der Waals surface area contributed by atoms with E-state index in [1.807, 2.05) is 13.8 Å². The zero-order valence-electron chi connectivity index (χ0n) is 10.7. The number of benzene rings is 1. The molecule has 4 heteroatoms. The third-order valence-corrected chi connectivity index (χ3v) is 3.95. The summed E-state index contributed by atoms with van der Waals surface area (Å²) in [5, 5.41) is 0.314. The van der Waals surface area contributed by atoms with Crippen molar-refractivity contribution in [1.29, 1.82) is 0 Å². The highest BCUT2D eigenvalue weighted by Gasteiger charge is 2.37. The number of hydrogen-bond acceptors (Lipinski definition) is 2. The van der Waals surface area contributed by atoms with Crippen molar-refractivity contribution >= 4 is 17.4 Å². The maximum atomic E-state index is 13.2. The Balaban J connectivity index is 2.32. The predicted molar refractivity (Wildman–Crippen MR) is 70.6 cm³/mol. The van der Waals surface area contributed by atoms with Crippen LogP contribution in [0.1, 0.15) is 37.0 Å². The van der Waals surface area contributed by atoms with Crippen molar-refractivity contribution in [3.05, 3.63) is 34.6 Å². The first kappa shape index (κ1) is 13.5. The van der Waals surface area contributed by atoms with Gasteiger partial charge in [-0.25, -0.2) is 4.39 Å². The van der Waals surface area contributed by atoms with Crippen LogP contribution in [0.25, 0.3) is 0 Å². The van der Waals surface area contributed by atoms with E-state index in [0.29, 0.717) is 5.02 Å². The van der Waals surface area contributed by atoms with Crippen molar-refractivity contribution in [3.8, 4) is 0 Å². The molecular formula is C14H17ClFNO. The van der Waals surface area contributed by atoms with Crippen LogP contribution >= 0.6 is 11.6 Å². The molecule has 0 aliphatic carbocycles. The van der Waals surface area contributed by atoms with Crippen LogP contribution in [0.5, 0.6) is 0 Å². The number of nitrogens with zero attached hydrogens (tertiary/aromatic N) is 1. The van der Waals surface area contributed by atoms with Gasteiger partial charge in [0.15, 0.2) is 5.78 Å². The third kappa shape index (κ3) is 2.43. The van der Waals surface area contributed by atoms with Crippen LogP contribution in [0.4, 0.5) is 4.39 Å². The monoisotopic (exact) mass is 269 g/mol. The van der Waals surface area contributed by atoms with E-state index >= 15 is 0 Å². The minimum atomic E-state index is -0.631. The van der Waals surface area contributed by atoms with Crippen molar-refractivity contribution in [1.82, 2.24) is 4.90 Å². The molecule has 1 aliphatic rings. The molecule has 1 heterocycles. The zero-order chi connectivity index (χ0) is 13.3. The molecule has 0 N–H and O–H groups in total. The van der Waals surface area contributed by atoms with Gasteiger partial charge in [0.05, 0.1) is 10.6 Å². The summed E-state index contributed by atoms with van der Waals surface area (Å²) in [4.78, 5) is 14.7. The van der Waals surface area contributed by atoms with E-state index in [4.69, 9.17) is 11.6 Å². The molecule has 0 spiro atoms. The van der Waals surface area contributed by atoms with Crippen LogP contribution in [0, 0.1) is 5.82 Å². The number of ketones is 1. The lowest BCUT2D eigenvalue weighted by Crippen LogP contribution is -2.48. The summed E-state index contributed by atoms with van der Waals surface area (Å²) in [6.07, 6.45) is 2.21. The molecule has 0 unspecified atom stereocenters. The summed E-state index contributed by atoms with van der Waals surface area (Å²) in [5.41, 5.74) is -0.359. The number of Topliss-reactive ketones (excluding diaryl/α,β-unsaturated/α-hetero) is 1. The van der Waals surface area contributed by atoms with Crippen LogP contribution in [0.2, 0.25) is 5.02 Å². The quantitative estimate of drug-likeness (QED) is 0.783. The van der Waals surface area contributed by atoms with Crippen molar-refractivity contribution in [2.75, 3.05) is 13.1 Å². The normalized spacial score (nSPS) is 17.1. The second kappa shape index (κ2) is 4.98. The Morgan fingerprint density at radius 2 is 1.94 bits per heavy atom. The Morgan fingerprint density at radius 3 is 2.56 bits per heavy atom. The molecular weight excluding hydrogens is 253 g/mol. The second-order valence-corrected chi connectivity index (χ2v) is 5.61. The number of halogens is 2. The lowest BCUT2D eigenvalue weighted by Gasteiger charge is -2.34. The Bertz CT molecular complexity index is 467. The molecule has 18 heavy (non-hydrogen) atoms. The topological polar surface area (TPSA) is 20.3 Å². The molecule has 0 bridgehead atoms. The zero-order valence-corrected chi connectivity index (χ0v) is 11.4. The molecule has 2 nitrogen and oxygen atoms in total. The van der Waals surface area contributed by atoms with E-state index in [1.165, 1.54) is 18.2 Å². The lowest BCUT2D eigenvalue weighted by molar-refractivity contribution is 0.0702. The van der Waals surface area contributed by atoms with E-state index in [2.05, 4.69) is 4.90 Å². The van der Waals surface area contributed by atoms with Gasteiger partial charge in [-0.05, 0) is 58.0 Å². The maximum absolute atomic E-state index is 13.2. The highest BCUT2D eigenvalue weighted by molar-refractivity contribution is 6.34. The fourth-order valence-corrected chi connectivity index (χ4v) is 2.62. The summed E-state index contributed by atoms with van der Waals surface area (Å²) >= 11 is 6.00. The van der Waals surface area contributed by atoms with Gasteiger partial charge < -0.3 is 0 Å². The second-order valence-electron chi connectivity index (χ2n) is 5.21. The van der Waals surface area contributed by atoms with E-state index in [9.17, 15) is 9.18 Å². The molecule has 0 radical (unpaired) electrons. The highest BCUT2D eigenvalue weighted by Crippen LogP contribution is 2.28. The first-order chi connectivity index (χ1) is 8.43. The summed E-state index contributed by atoms with van der Waals surface area (Å²) in [6.45, 7) is 5.57. The first-order valence-corrected chi connectivity index (χ1v) is 6.55. The van der Waals surface area contributed by atoms with Crippen LogP contribution in [-0.2, 0) is 0 Å². The Labute approximate surface area is 112 Å². The van der Waals surface area contributed by atoms with Crippen molar-refractivity contribution in [2.45, 2.75) is 32.2 Å². The smallest absolute Gasteiger partial charge is 0.184 e. The van der Waals surface area contributed by atoms with Gasteiger partial charge in [0, 0.05) is 5.56 Å². The number of rotatable bonds is 3. The van der Waals surface area contributed by atoms with Gasteiger partial charge in [0.2, 0.25) is 0 Å². The molecule has 1 fully saturated rings. The number of carbonyl (C=O) groups excluding carboxylic acids is 1. The minimum Gasteiger partial charge on any atom is -0.292 e. The Kier molecular flexibility index (Phi) is 3.74. The fraction of sp³-hybridized carbons (Fsp3) is 0.500. The first-order valence-electron chi connectivity index (χ1n) is 6.18. The summed E-state index contributed by atoms with van der Waals surface area (Å²) in [5.74, 6) is -0.547. The van der Waals surface area contributed by atoms with Crippen LogP contribution in [0.15, 0.2) is 18.2 Å². The van der Waals surface area contributed by atoms with E-state index < -0.39 is 11.4 Å². The predicted octanol–water partition coefficient (Wildman–Crippen LogP) is 3.54. The standard InChI is InChI=1S/C14H17ClFNO/c1-14(2,17-7-3-4-8-17)13(18)11-9-10(16)5-6-12(11)15/h5-6,9H,3-4,7-8H2,1-2H3.